The first-order valence-electron chi connectivity index (χ1n) is 31.7. The Balaban J connectivity index is 4.07. The maximum Gasteiger partial charge on any atom is 0.306 e. The summed E-state index contributed by atoms with van der Waals surface area (Å²) in [6.07, 6.45) is 84.3. The normalized spacial score (nSPS) is 12.7. The molecule has 0 radical (unpaired) electrons. The van der Waals surface area contributed by atoms with E-state index in [1.54, 1.807) is 0 Å². The van der Waals surface area contributed by atoms with Crippen molar-refractivity contribution in [3.63, 3.8) is 0 Å². The molecule has 75 heavy (non-hydrogen) atoms. The van der Waals surface area contributed by atoms with Gasteiger partial charge in [0.2, 0.25) is 0 Å². The smallest absolute Gasteiger partial charge is 0.306 e. The summed E-state index contributed by atoms with van der Waals surface area (Å²) >= 11 is 0. The highest BCUT2D eigenvalue weighted by Crippen LogP contribution is 2.16. The third-order valence-corrected chi connectivity index (χ3v) is 13.6. The lowest BCUT2D eigenvalue weighted by molar-refractivity contribution is -0.167. The van der Waals surface area contributed by atoms with Crippen LogP contribution in [-0.4, -0.2) is 37.2 Å². The van der Waals surface area contributed by atoms with Crippen LogP contribution < -0.4 is 0 Å². The van der Waals surface area contributed by atoms with Crippen LogP contribution in [0.1, 0.15) is 303 Å². The molecule has 0 aliphatic carbocycles. The second-order valence-electron chi connectivity index (χ2n) is 20.9. The molecule has 6 heteroatoms. The molecule has 1 unspecified atom stereocenters. The maximum atomic E-state index is 12.8. The van der Waals surface area contributed by atoms with Gasteiger partial charge in [-0.2, -0.15) is 0 Å². The lowest BCUT2D eigenvalue weighted by atomic mass is 10.0. The van der Waals surface area contributed by atoms with Crippen molar-refractivity contribution in [2.45, 2.75) is 309 Å². The van der Waals surface area contributed by atoms with Gasteiger partial charge >= 0.3 is 17.9 Å². The highest BCUT2D eigenvalue weighted by molar-refractivity contribution is 5.71. The molecule has 0 bridgehead atoms. The number of hydrogen-bond acceptors (Lipinski definition) is 6. The summed E-state index contributed by atoms with van der Waals surface area (Å²) in [6, 6.07) is 0. The van der Waals surface area contributed by atoms with Crippen LogP contribution >= 0.6 is 0 Å². The van der Waals surface area contributed by atoms with Gasteiger partial charge in [0.15, 0.2) is 6.10 Å². The van der Waals surface area contributed by atoms with Gasteiger partial charge in [0, 0.05) is 19.3 Å². The van der Waals surface area contributed by atoms with Gasteiger partial charge in [-0.25, -0.2) is 0 Å². The summed E-state index contributed by atoms with van der Waals surface area (Å²) in [5.41, 5.74) is 0. The van der Waals surface area contributed by atoms with Crippen molar-refractivity contribution >= 4 is 17.9 Å². The largest absolute Gasteiger partial charge is 0.462 e. The van der Waals surface area contributed by atoms with Gasteiger partial charge < -0.3 is 14.2 Å². The molecule has 0 aromatic rings. The molecule has 0 heterocycles. The third-order valence-electron chi connectivity index (χ3n) is 13.6. The minimum Gasteiger partial charge on any atom is -0.462 e. The summed E-state index contributed by atoms with van der Waals surface area (Å²) in [7, 11) is 0. The summed E-state index contributed by atoms with van der Waals surface area (Å²) in [6.45, 7) is 6.47. The molecule has 0 fully saturated rings. The average Bonchev–Trinajstić information content (AvgIpc) is 3.41. The van der Waals surface area contributed by atoms with Gasteiger partial charge in [0.25, 0.3) is 0 Å². The van der Waals surface area contributed by atoms with E-state index in [1.807, 2.05) is 0 Å². The van der Waals surface area contributed by atoms with Crippen LogP contribution in [0.3, 0.4) is 0 Å². The molecule has 0 aliphatic rings. The molecular weight excluding hydrogens is 925 g/mol. The predicted molar refractivity (Wildman–Crippen MR) is 325 cm³/mol. The second kappa shape index (κ2) is 62.9. The SMILES string of the molecule is CC/C=C\C/C=C\C/C=C\C/C=C\C/C=C\C/C=C\C/C=C\CCCCCCCCCCCCCCCC(=O)OCC(COC(=O)CCCCCCC/C=C\CCC)OC(=O)CCCCCCCCCCCCCC. The van der Waals surface area contributed by atoms with Crippen LogP contribution in [0.5, 0.6) is 0 Å². The van der Waals surface area contributed by atoms with Crippen molar-refractivity contribution in [2.24, 2.45) is 0 Å². The zero-order valence-electron chi connectivity index (χ0n) is 49.3. The van der Waals surface area contributed by atoms with Crippen molar-refractivity contribution in [1.82, 2.24) is 0 Å². The number of carbonyl (C=O) groups is 3. The van der Waals surface area contributed by atoms with Gasteiger partial charge in [-0.1, -0.05) is 285 Å². The van der Waals surface area contributed by atoms with Crippen molar-refractivity contribution in [3.8, 4) is 0 Å². The van der Waals surface area contributed by atoms with Crippen molar-refractivity contribution in [1.29, 1.82) is 0 Å². The fourth-order valence-corrected chi connectivity index (χ4v) is 8.84. The maximum absolute atomic E-state index is 12.8. The molecule has 0 aromatic carbocycles. The first-order chi connectivity index (χ1) is 37.0. The van der Waals surface area contributed by atoms with Gasteiger partial charge in [0.1, 0.15) is 13.2 Å². The number of esters is 3. The standard InChI is InChI=1S/C69H118O6/c1-4-7-10-13-16-19-22-24-25-26-27-28-29-30-31-32-33-34-35-36-37-38-39-40-41-42-43-44-45-46-48-50-53-56-59-62-68(71)74-65-66(64-73-67(70)61-58-55-52-49-21-18-15-12-9-6-3)75-69(72)63-60-57-54-51-47-23-20-17-14-11-8-5-2/h7,10,12,15-16,19,24-25,27-28,30-31,33-34,36-37,66H,4-6,8-9,11,13-14,17-18,20-23,26,29,32,35,38-65H2,1-3H3/b10-7-,15-12-,19-16-,25-24-,28-27-,31-30-,34-33-,37-36-. The molecule has 1 atom stereocenters. The van der Waals surface area contributed by atoms with Crippen LogP contribution in [0.2, 0.25) is 0 Å². The van der Waals surface area contributed by atoms with E-state index in [1.165, 1.54) is 148 Å². The van der Waals surface area contributed by atoms with Gasteiger partial charge in [0.05, 0.1) is 0 Å². The van der Waals surface area contributed by atoms with E-state index in [-0.39, 0.29) is 31.1 Å². The van der Waals surface area contributed by atoms with Crippen LogP contribution in [0.15, 0.2) is 97.2 Å². The topological polar surface area (TPSA) is 78.9 Å². The van der Waals surface area contributed by atoms with E-state index in [0.29, 0.717) is 19.3 Å². The van der Waals surface area contributed by atoms with E-state index in [2.05, 4.69) is 118 Å². The zero-order chi connectivity index (χ0) is 54.3. The van der Waals surface area contributed by atoms with E-state index >= 15 is 0 Å². The fraction of sp³-hybridized carbons (Fsp3) is 0.725. The minimum absolute atomic E-state index is 0.0767. The van der Waals surface area contributed by atoms with Gasteiger partial charge in [-0.05, 0) is 96.3 Å². The molecule has 6 nitrogen and oxygen atoms in total. The van der Waals surface area contributed by atoms with E-state index < -0.39 is 6.10 Å². The molecule has 0 spiro atoms. The molecule has 0 saturated carbocycles. The number of ether oxygens (including phenoxy) is 3. The molecule has 0 saturated heterocycles. The molecule has 0 rings (SSSR count). The van der Waals surface area contributed by atoms with Crippen molar-refractivity contribution < 1.29 is 28.6 Å². The van der Waals surface area contributed by atoms with Crippen LogP contribution in [0, 0.1) is 0 Å². The summed E-state index contributed by atoms with van der Waals surface area (Å²) in [5, 5.41) is 0. The van der Waals surface area contributed by atoms with Gasteiger partial charge in [-0.3, -0.25) is 14.4 Å². The molecule has 430 valence electrons. The first-order valence-corrected chi connectivity index (χ1v) is 31.7. The molecule has 0 aromatic heterocycles. The Morgan fingerprint density at radius 3 is 0.880 bits per heavy atom. The van der Waals surface area contributed by atoms with E-state index in [4.69, 9.17) is 14.2 Å². The lowest BCUT2D eigenvalue weighted by Crippen LogP contribution is -2.30. The Bertz CT molecular complexity index is 1480. The number of allylic oxidation sites excluding steroid dienone is 16. The summed E-state index contributed by atoms with van der Waals surface area (Å²) in [4.78, 5) is 38.1. The second-order valence-corrected chi connectivity index (χ2v) is 20.9. The number of rotatable bonds is 57. The molecular formula is C69H118O6. The minimum atomic E-state index is -0.776. The van der Waals surface area contributed by atoms with Crippen molar-refractivity contribution in [3.05, 3.63) is 97.2 Å². The van der Waals surface area contributed by atoms with Crippen LogP contribution in [0.25, 0.3) is 0 Å². The number of unbranched alkanes of at least 4 members (excludes halogenated alkanes) is 30. The predicted octanol–water partition coefficient (Wildman–Crippen LogP) is 21.7. The third kappa shape index (κ3) is 61.1. The highest BCUT2D eigenvalue weighted by Gasteiger charge is 2.19. The highest BCUT2D eigenvalue weighted by atomic mass is 16.6. The molecule has 0 aliphatic heterocycles. The fourth-order valence-electron chi connectivity index (χ4n) is 8.84. The van der Waals surface area contributed by atoms with Crippen LogP contribution in [0.4, 0.5) is 0 Å². The monoisotopic (exact) mass is 1040 g/mol. The molecule has 0 N–H and O–H groups in total. The summed E-state index contributed by atoms with van der Waals surface area (Å²) < 4.78 is 16.8. The lowest BCUT2D eigenvalue weighted by Gasteiger charge is -2.18. The summed E-state index contributed by atoms with van der Waals surface area (Å²) in [5.74, 6) is -0.881. The Kier molecular flexibility index (Phi) is 59.8. The van der Waals surface area contributed by atoms with Crippen molar-refractivity contribution in [2.75, 3.05) is 13.2 Å². The number of hydrogen-bond donors (Lipinski definition) is 0. The van der Waals surface area contributed by atoms with E-state index in [0.717, 1.165) is 116 Å². The number of carbonyl (C=O) groups excluding carboxylic acids is 3. The zero-order valence-corrected chi connectivity index (χ0v) is 49.3. The average molecular weight is 1040 g/mol. The Labute approximate surface area is 464 Å². The Morgan fingerprint density at radius 2 is 0.547 bits per heavy atom. The Morgan fingerprint density at radius 1 is 0.280 bits per heavy atom. The van der Waals surface area contributed by atoms with Gasteiger partial charge in [-0.15, -0.1) is 0 Å². The van der Waals surface area contributed by atoms with Crippen LogP contribution in [-0.2, 0) is 28.6 Å². The molecule has 0 amide bonds. The van der Waals surface area contributed by atoms with E-state index in [9.17, 15) is 14.4 Å². The quantitative estimate of drug-likeness (QED) is 0.0261. The first kappa shape index (κ1) is 71.3. The Hall–Kier alpha value is -3.67.